The number of fused-ring (bicyclic) bond motifs is 3. The lowest BCUT2D eigenvalue weighted by molar-refractivity contribution is 0.0939. The number of nitrogens with one attached hydrogen (secondary N) is 1. The predicted molar refractivity (Wildman–Crippen MR) is 114 cm³/mol. The molecule has 2 aromatic heterocycles. The lowest BCUT2D eigenvalue weighted by Crippen LogP contribution is -2.31. The lowest BCUT2D eigenvalue weighted by atomic mass is 10.1. The van der Waals surface area contributed by atoms with Gasteiger partial charge in [-0.1, -0.05) is 18.3 Å². The topological polar surface area (TPSA) is 55.6 Å². The average molecular weight is 394 g/mol. The standard InChI is InChI=1S/C22H23N3O2S/c1-4-14(3)23-21(26)16-8-11-19-20(12-16)28-22-24-18(13-25(19)22)15-6-9-17(10-7-15)27-5-2/h6-14H,4-5H2,1-3H3,(H,23,26)/t14-/m1/s1. The predicted octanol–water partition coefficient (Wildman–Crippen LogP) is 5.14. The molecule has 0 fully saturated rings. The Morgan fingerprint density at radius 3 is 2.71 bits per heavy atom. The molecule has 0 bridgehead atoms. The molecule has 5 nitrogen and oxygen atoms in total. The molecule has 1 amide bonds. The van der Waals surface area contributed by atoms with Crippen molar-refractivity contribution in [2.75, 3.05) is 6.61 Å². The maximum atomic E-state index is 12.4. The second-order valence-corrected chi connectivity index (χ2v) is 7.81. The van der Waals surface area contributed by atoms with Crippen LogP contribution in [0.2, 0.25) is 0 Å². The number of carbonyl (C=O) groups excluding carboxylic acids is 1. The van der Waals surface area contributed by atoms with Gasteiger partial charge >= 0.3 is 0 Å². The number of rotatable bonds is 6. The van der Waals surface area contributed by atoms with Crippen LogP contribution < -0.4 is 10.1 Å². The first kappa shape index (κ1) is 18.5. The van der Waals surface area contributed by atoms with E-state index in [1.165, 1.54) is 0 Å². The molecule has 0 aliphatic carbocycles. The van der Waals surface area contributed by atoms with E-state index in [9.17, 15) is 4.79 Å². The molecule has 0 saturated heterocycles. The number of nitrogens with zero attached hydrogens (tertiary/aromatic N) is 2. The Kier molecular flexibility index (Phi) is 5.05. The average Bonchev–Trinajstić information content (AvgIpc) is 3.26. The zero-order valence-electron chi connectivity index (χ0n) is 16.2. The highest BCUT2D eigenvalue weighted by Crippen LogP contribution is 2.30. The number of benzene rings is 2. The smallest absolute Gasteiger partial charge is 0.251 e. The summed E-state index contributed by atoms with van der Waals surface area (Å²) in [6, 6.07) is 14.0. The minimum atomic E-state index is -0.0302. The van der Waals surface area contributed by atoms with Crippen molar-refractivity contribution < 1.29 is 9.53 Å². The van der Waals surface area contributed by atoms with Gasteiger partial charge in [-0.25, -0.2) is 4.98 Å². The molecular formula is C22H23N3O2S. The molecule has 0 aliphatic heterocycles. The van der Waals surface area contributed by atoms with Crippen molar-refractivity contribution in [2.24, 2.45) is 0 Å². The minimum Gasteiger partial charge on any atom is -0.494 e. The van der Waals surface area contributed by atoms with Gasteiger partial charge in [0.25, 0.3) is 5.91 Å². The van der Waals surface area contributed by atoms with Gasteiger partial charge in [0.05, 0.1) is 22.5 Å². The van der Waals surface area contributed by atoms with Crippen molar-refractivity contribution in [3.05, 3.63) is 54.2 Å². The summed E-state index contributed by atoms with van der Waals surface area (Å²) in [5.74, 6) is 0.832. The Hall–Kier alpha value is -2.86. The van der Waals surface area contributed by atoms with Crippen molar-refractivity contribution in [2.45, 2.75) is 33.2 Å². The maximum Gasteiger partial charge on any atom is 0.251 e. The summed E-state index contributed by atoms with van der Waals surface area (Å²) in [7, 11) is 0. The lowest BCUT2D eigenvalue weighted by Gasteiger charge is -2.11. The molecule has 4 aromatic rings. The van der Waals surface area contributed by atoms with Crippen molar-refractivity contribution >= 4 is 32.4 Å². The van der Waals surface area contributed by atoms with E-state index in [1.807, 2.05) is 62.5 Å². The zero-order chi connectivity index (χ0) is 19.7. The van der Waals surface area contributed by atoms with Crippen LogP contribution >= 0.6 is 11.3 Å². The molecule has 1 N–H and O–H groups in total. The Morgan fingerprint density at radius 1 is 1.21 bits per heavy atom. The second-order valence-electron chi connectivity index (χ2n) is 6.80. The van der Waals surface area contributed by atoms with Crippen LogP contribution in [0.5, 0.6) is 5.75 Å². The summed E-state index contributed by atoms with van der Waals surface area (Å²) in [6.07, 6.45) is 2.96. The van der Waals surface area contributed by atoms with Crippen LogP contribution in [0.1, 0.15) is 37.6 Å². The third-order valence-electron chi connectivity index (χ3n) is 4.81. The Balaban J connectivity index is 1.65. The van der Waals surface area contributed by atoms with Gasteiger partial charge in [0.2, 0.25) is 0 Å². The van der Waals surface area contributed by atoms with E-state index in [0.29, 0.717) is 12.2 Å². The number of imidazole rings is 1. The molecular weight excluding hydrogens is 370 g/mol. The van der Waals surface area contributed by atoms with Crippen molar-refractivity contribution in [1.29, 1.82) is 0 Å². The summed E-state index contributed by atoms with van der Waals surface area (Å²) >= 11 is 1.59. The Labute approximate surface area is 168 Å². The normalized spacial score (nSPS) is 12.4. The van der Waals surface area contributed by atoms with E-state index in [1.54, 1.807) is 11.3 Å². The highest BCUT2D eigenvalue weighted by Gasteiger charge is 2.14. The molecule has 2 heterocycles. The second kappa shape index (κ2) is 7.64. The molecule has 6 heteroatoms. The van der Waals surface area contributed by atoms with Crippen molar-refractivity contribution in [3.63, 3.8) is 0 Å². The molecule has 2 aromatic carbocycles. The van der Waals surface area contributed by atoms with Gasteiger partial charge in [0, 0.05) is 23.4 Å². The molecule has 144 valence electrons. The van der Waals surface area contributed by atoms with Crippen LogP contribution in [0.4, 0.5) is 0 Å². The molecule has 1 atom stereocenters. The van der Waals surface area contributed by atoms with Gasteiger partial charge in [-0.3, -0.25) is 9.20 Å². The molecule has 0 spiro atoms. The first-order chi connectivity index (χ1) is 13.6. The van der Waals surface area contributed by atoms with Gasteiger partial charge in [0.15, 0.2) is 4.96 Å². The van der Waals surface area contributed by atoms with Gasteiger partial charge in [0.1, 0.15) is 5.75 Å². The number of carbonyl (C=O) groups is 1. The van der Waals surface area contributed by atoms with Crippen LogP contribution in [0.25, 0.3) is 26.4 Å². The van der Waals surface area contributed by atoms with Crippen molar-refractivity contribution in [1.82, 2.24) is 14.7 Å². The highest BCUT2D eigenvalue weighted by atomic mass is 32.1. The highest BCUT2D eigenvalue weighted by molar-refractivity contribution is 7.23. The molecule has 0 radical (unpaired) electrons. The quantitative estimate of drug-likeness (QED) is 0.493. The fraction of sp³-hybridized carbons (Fsp3) is 0.273. The van der Waals surface area contributed by atoms with E-state index >= 15 is 0 Å². The first-order valence-electron chi connectivity index (χ1n) is 9.54. The zero-order valence-corrected chi connectivity index (χ0v) is 17.0. The van der Waals surface area contributed by atoms with E-state index in [2.05, 4.69) is 16.6 Å². The maximum absolute atomic E-state index is 12.4. The third-order valence-corrected chi connectivity index (χ3v) is 5.82. The van der Waals surface area contributed by atoms with E-state index in [0.717, 1.165) is 38.6 Å². The molecule has 0 saturated carbocycles. The largest absolute Gasteiger partial charge is 0.494 e. The molecule has 28 heavy (non-hydrogen) atoms. The Morgan fingerprint density at radius 2 is 2.00 bits per heavy atom. The summed E-state index contributed by atoms with van der Waals surface area (Å²) in [4.78, 5) is 18.1. The van der Waals surface area contributed by atoms with E-state index in [4.69, 9.17) is 9.72 Å². The number of amides is 1. The number of hydrogen-bond acceptors (Lipinski definition) is 4. The van der Waals surface area contributed by atoms with E-state index in [-0.39, 0.29) is 11.9 Å². The fourth-order valence-corrected chi connectivity index (χ4v) is 4.13. The molecule has 0 unspecified atom stereocenters. The summed E-state index contributed by atoms with van der Waals surface area (Å²) in [5.41, 5.74) is 3.72. The number of ether oxygens (including phenoxy) is 1. The number of aromatic nitrogens is 2. The van der Waals surface area contributed by atoms with Gasteiger partial charge in [-0.05, 0) is 62.7 Å². The Bertz CT molecular complexity index is 1130. The minimum absolute atomic E-state index is 0.0302. The van der Waals surface area contributed by atoms with Crippen LogP contribution in [0.15, 0.2) is 48.7 Å². The van der Waals surface area contributed by atoms with Crippen molar-refractivity contribution in [3.8, 4) is 17.0 Å². The van der Waals surface area contributed by atoms with Gasteiger partial charge < -0.3 is 10.1 Å². The number of hydrogen-bond donors (Lipinski definition) is 1. The van der Waals surface area contributed by atoms with E-state index < -0.39 is 0 Å². The fourth-order valence-electron chi connectivity index (χ4n) is 3.08. The monoisotopic (exact) mass is 393 g/mol. The number of thiazole rings is 1. The summed E-state index contributed by atoms with van der Waals surface area (Å²) in [6.45, 7) is 6.70. The van der Waals surface area contributed by atoms with Crippen LogP contribution in [0.3, 0.4) is 0 Å². The SMILES string of the molecule is CCOc1ccc(-c2cn3c(n2)sc2cc(C(=O)N[C@H](C)CC)ccc23)cc1. The summed E-state index contributed by atoms with van der Waals surface area (Å²) in [5, 5.41) is 3.02. The van der Waals surface area contributed by atoms with Crippen LogP contribution in [0, 0.1) is 0 Å². The van der Waals surface area contributed by atoms with Crippen LogP contribution in [-0.2, 0) is 0 Å². The molecule has 4 rings (SSSR count). The van der Waals surface area contributed by atoms with Gasteiger partial charge in [-0.15, -0.1) is 0 Å². The third kappa shape index (κ3) is 3.47. The summed E-state index contributed by atoms with van der Waals surface area (Å²) < 4.78 is 8.64. The van der Waals surface area contributed by atoms with Gasteiger partial charge in [-0.2, -0.15) is 0 Å². The first-order valence-corrected chi connectivity index (χ1v) is 10.4. The van der Waals surface area contributed by atoms with Crippen LogP contribution in [-0.4, -0.2) is 27.9 Å². The molecule has 0 aliphatic rings.